The minimum Gasteiger partial charge on any atom is -0.481 e. The molecule has 0 spiro atoms. The third-order valence-electron chi connectivity index (χ3n) is 3.63. The van der Waals surface area contributed by atoms with Gasteiger partial charge in [-0.3, -0.25) is 9.69 Å². The molecule has 0 radical (unpaired) electrons. The van der Waals surface area contributed by atoms with E-state index in [4.69, 9.17) is 14.6 Å². The van der Waals surface area contributed by atoms with E-state index in [1.54, 1.807) is 14.2 Å². The molecule has 1 saturated heterocycles. The van der Waals surface area contributed by atoms with Gasteiger partial charge in [-0.15, -0.1) is 0 Å². The summed E-state index contributed by atoms with van der Waals surface area (Å²) in [4.78, 5) is 13.1. The van der Waals surface area contributed by atoms with Crippen LogP contribution in [-0.4, -0.2) is 49.1 Å². The molecule has 1 aromatic carbocycles. The Hall–Kier alpha value is -1.43. The topological polar surface area (TPSA) is 59.0 Å². The summed E-state index contributed by atoms with van der Waals surface area (Å²) in [6, 6.07) is 9.53. The lowest BCUT2D eigenvalue weighted by Gasteiger charge is -2.50. The van der Waals surface area contributed by atoms with E-state index in [-0.39, 0.29) is 12.5 Å². The van der Waals surface area contributed by atoms with Gasteiger partial charge in [0.15, 0.2) is 5.79 Å². The fourth-order valence-electron chi connectivity index (χ4n) is 2.43. The van der Waals surface area contributed by atoms with Crippen molar-refractivity contribution in [3.05, 3.63) is 35.9 Å². The van der Waals surface area contributed by atoms with Crippen molar-refractivity contribution in [2.45, 2.75) is 18.2 Å². The van der Waals surface area contributed by atoms with Crippen molar-refractivity contribution >= 4 is 5.97 Å². The average Bonchev–Trinajstić information content (AvgIpc) is 2.38. The van der Waals surface area contributed by atoms with Crippen molar-refractivity contribution in [1.82, 2.24) is 4.90 Å². The summed E-state index contributed by atoms with van der Waals surface area (Å²) >= 11 is 0. The van der Waals surface area contributed by atoms with Crippen LogP contribution in [0.1, 0.15) is 18.0 Å². The number of methoxy groups -OCH3 is 2. The Kier molecular flexibility index (Phi) is 4.19. The van der Waals surface area contributed by atoms with Gasteiger partial charge in [0.05, 0.1) is 19.5 Å². The standard InChI is InChI=1S/C14H19NO4/c1-18-14(19-2)9-15(10-14)12(8-13(16)17)11-6-4-3-5-7-11/h3-7,12H,8-10H2,1-2H3,(H,16,17). The highest BCUT2D eigenvalue weighted by atomic mass is 16.7. The van der Waals surface area contributed by atoms with Gasteiger partial charge in [-0.05, 0) is 5.56 Å². The van der Waals surface area contributed by atoms with E-state index in [1.807, 2.05) is 30.3 Å². The predicted octanol–water partition coefficient (Wildman–Crippen LogP) is 1.51. The maximum Gasteiger partial charge on any atom is 0.305 e. The fourth-order valence-corrected chi connectivity index (χ4v) is 2.43. The summed E-state index contributed by atoms with van der Waals surface area (Å²) in [5.74, 6) is -1.40. The highest BCUT2D eigenvalue weighted by molar-refractivity contribution is 5.68. The van der Waals surface area contributed by atoms with Crippen LogP contribution in [-0.2, 0) is 14.3 Å². The van der Waals surface area contributed by atoms with E-state index in [0.29, 0.717) is 13.1 Å². The van der Waals surface area contributed by atoms with E-state index in [2.05, 4.69) is 4.90 Å². The second-order valence-electron chi connectivity index (χ2n) is 4.75. The zero-order chi connectivity index (χ0) is 13.9. The van der Waals surface area contributed by atoms with Crippen LogP contribution in [0.25, 0.3) is 0 Å². The lowest BCUT2D eigenvalue weighted by molar-refractivity contribution is -0.283. The van der Waals surface area contributed by atoms with E-state index in [1.165, 1.54) is 0 Å². The molecule has 1 aliphatic heterocycles. The molecule has 2 rings (SSSR count). The molecule has 0 aliphatic carbocycles. The Balaban J connectivity index is 2.11. The Morgan fingerprint density at radius 3 is 2.37 bits per heavy atom. The molecule has 5 heteroatoms. The molecular formula is C14H19NO4. The van der Waals surface area contributed by atoms with Gasteiger partial charge in [0.2, 0.25) is 0 Å². The largest absolute Gasteiger partial charge is 0.481 e. The minimum atomic E-state index is -0.804. The number of carboxylic acids is 1. The summed E-state index contributed by atoms with van der Waals surface area (Å²) in [5, 5.41) is 9.07. The van der Waals surface area contributed by atoms with Crippen LogP contribution < -0.4 is 0 Å². The number of ether oxygens (including phenoxy) is 2. The fraction of sp³-hybridized carbons (Fsp3) is 0.500. The van der Waals surface area contributed by atoms with Crippen molar-refractivity contribution in [2.24, 2.45) is 0 Å². The number of carbonyl (C=O) groups is 1. The second-order valence-corrected chi connectivity index (χ2v) is 4.75. The second kappa shape index (κ2) is 5.69. The third kappa shape index (κ3) is 2.94. The molecule has 0 amide bonds. The average molecular weight is 265 g/mol. The zero-order valence-electron chi connectivity index (χ0n) is 11.2. The SMILES string of the molecule is COC1(OC)CN(C(CC(=O)O)c2ccccc2)C1. The molecule has 1 fully saturated rings. The highest BCUT2D eigenvalue weighted by Crippen LogP contribution is 2.35. The molecule has 1 aromatic rings. The van der Waals surface area contributed by atoms with Crippen molar-refractivity contribution in [1.29, 1.82) is 0 Å². The Labute approximate surface area is 112 Å². The van der Waals surface area contributed by atoms with Gasteiger partial charge >= 0.3 is 5.97 Å². The van der Waals surface area contributed by atoms with Crippen LogP contribution in [0.15, 0.2) is 30.3 Å². The first-order valence-electron chi connectivity index (χ1n) is 6.21. The molecule has 0 bridgehead atoms. The van der Waals surface area contributed by atoms with E-state index < -0.39 is 11.8 Å². The van der Waals surface area contributed by atoms with Gasteiger partial charge in [-0.2, -0.15) is 0 Å². The molecule has 1 aliphatic rings. The number of hydrogen-bond donors (Lipinski definition) is 1. The number of rotatable bonds is 6. The first kappa shape index (κ1) is 14.0. The van der Waals surface area contributed by atoms with Gasteiger partial charge < -0.3 is 14.6 Å². The summed E-state index contributed by atoms with van der Waals surface area (Å²) in [7, 11) is 3.21. The first-order valence-corrected chi connectivity index (χ1v) is 6.21. The third-order valence-corrected chi connectivity index (χ3v) is 3.63. The summed E-state index contributed by atoms with van der Waals surface area (Å²) in [6.45, 7) is 1.15. The van der Waals surface area contributed by atoms with Crippen molar-refractivity contribution in [3.8, 4) is 0 Å². The number of carboxylic acid groups (broad SMARTS) is 1. The van der Waals surface area contributed by atoms with Gasteiger partial charge in [0.1, 0.15) is 0 Å². The lowest BCUT2D eigenvalue weighted by atomic mass is 9.96. The monoisotopic (exact) mass is 265 g/mol. The molecular weight excluding hydrogens is 246 g/mol. The molecule has 19 heavy (non-hydrogen) atoms. The molecule has 5 nitrogen and oxygen atoms in total. The lowest BCUT2D eigenvalue weighted by Crippen LogP contribution is -2.64. The summed E-state index contributed by atoms with van der Waals surface area (Å²) in [6.07, 6.45) is 0.0769. The zero-order valence-corrected chi connectivity index (χ0v) is 11.2. The van der Waals surface area contributed by atoms with Gasteiger partial charge in [0, 0.05) is 20.3 Å². The van der Waals surface area contributed by atoms with E-state index >= 15 is 0 Å². The Morgan fingerprint density at radius 1 is 1.32 bits per heavy atom. The Bertz CT molecular complexity index is 422. The summed E-state index contributed by atoms with van der Waals surface area (Å²) < 4.78 is 10.7. The first-order chi connectivity index (χ1) is 9.10. The molecule has 1 N–H and O–H groups in total. The van der Waals surface area contributed by atoms with Crippen LogP contribution in [0.2, 0.25) is 0 Å². The van der Waals surface area contributed by atoms with Crippen LogP contribution in [0, 0.1) is 0 Å². The van der Waals surface area contributed by atoms with Gasteiger partial charge in [0.25, 0.3) is 0 Å². The van der Waals surface area contributed by atoms with Crippen LogP contribution >= 0.6 is 0 Å². The number of aliphatic carboxylic acids is 1. The quantitative estimate of drug-likeness (QED) is 0.790. The van der Waals surface area contributed by atoms with Crippen molar-refractivity contribution < 1.29 is 19.4 Å². The number of hydrogen-bond acceptors (Lipinski definition) is 4. The Morgan fingerprint density at radius 2 is 1.89 bits per heavy atom. The molecule has 0 aromatic heterocycles. The van der Waals surface area contributed by atoms with E-state index in [9.17, 15) is 4.79 Å². The minimum absolute atomic E-state index is 0.0769. The maximum atomic E-state index is 11.0. The molecule has 104 valence electrons. The molecule has 1 unspecified atom stereocenters. The highest BCUT2D eigenvalue weighted by Gasteiger charge is 2.47. The van der Waals surface area contributed by atoms with E-state index in [0.717, 1.165) is 5.56 Å². The van der Waals surface area contributed by atoms with Crippen molar-refractivity contribution in [2.75, 3.05) is 27.3 Å². The van der Waals surface area contributed by atoms with Crippen LogP contribution in [0.3, 0.4) is 0 Å². The molecule has 1 atom stereocenters. The van der Waals surface area contributed by atoms with Gasteiger partial charge in [-0.25, -0.2) is 0 Å². The summed E-state index contributed by atoms with van der Waals surface area (Å²) in [5.41, 5.74) is 1.01. The number of nitrogens with zero attached hydrogens (tertiary/aromatic N) is 1. The normalized spacial score (nSPS) is 19.7. The molecule has 1 heterocycles. The van der Waals surface area contributed by atoms with Crippen LogP contribution in [0.5, 0.6) is 0 Å². The number of likely N-dealkylation sites (tertiary alicyclic amines) is 1. The van der Waals surface area contributed by atoms with Crippen LogP contribution in [0.4, 0.5) is 0 Å². The molecule has 0 saturated carbocycles. The smallest absolute Gasteiger partial charge is 0.305 e. The number of benzene rings is 1. The predicted molar refractivity (Wildman–Crippen MR) is 69.8 cm³/mol. The maximum absolute atomic E-state index is 11.0. The van der Waals surface area contributed by atoms with Crippen molar-refractivity contribution in [3.63, 3.8) is 0 Å². The van der Waals surface area contributed by atoms with Gasteiger partial charge in [-0.1, -0.05) is 30.3 Å².